The van der Waals surface area contributed by atoms with Crippen molar-refractivity contribution >= 4 is 29.1 Å². The molecule has 0 unspecified atom stereocenters. The van der Waals surface area contributed by atoms with E-state index in [0.29, 0.717) is 11.8 Å². The Kier molecular flexibility index (Phi) is 7.87. The van der Waals surface area contributed by atoms with Gasteiger partial charge in [-0.15, -0.1) is 5.10 Å². The van der Waals surface area contributed by atoms with Gasteiger partial charge in [0.05, 0.1) is 39.8 Å². The van der Waals surface area contributed by atoms with Gasteiger partial charge < -0.3 is 10.6 Å². The molecular formula is C25H21ClF3N9O2. The van der Waals surface area contributed by atoms with Crippen LogP contribution in [0.15, 0.2) is 42.7 Å². The van der Waals surface area contributed by atoms with Crippen molar-refractivity contribution in [3.8, 4) is 11.9 Å². The number of benzene rings is 1. The van der Waals surface area contributed by atoms with Gasteiger partial charge in [0.15, 0.2) is 11.5 Å². The number of alkyl halides is 3. The summed E-state index contributed by atoms with van der Waals surface area (Å²) in [4.78, 5) is 31.5. The zero-order valence-electron chi connectivity index (χ0n) is 21.3. The maximum atomic E-state index is 13.6. The fraction of sp³-hybridized carbons (Fsp3) is 0.240. The molecule has 4 aromatic rings. The van der Waals surface area contributed by atoms with Crippen LogP contribution in [0.5, 0.6) is 0 Å². The lowest BCUT2D eigenvalue weighted by Gasteiger charge is -2.16. The molecule has 15 heteroatoms. The van der Waals surface area contributed by atoms with Crippen molar-refractivity contribution in [2.75, 3.05) is 5.32 Å². The van der Waals surface area contributed by atoms with E-state index in [-0.39, 0.29) is 51.6 Å². The zero-order chi connectivity index (χ0) is 29.2. The second-order valence-electron chi connectivity index (χ2n) is 8.91. The van der Waals surface area contributed by atoms with Gasteiger partial charge in [0.1, 0.15) is 12.2 Å². The zero-order valence-corrected chi connectivity index (χ0v) is 22.0. The van der Waals surface area contributed by atoms with Crippen molar-refractivity contribution in [3.05, 3.63) is 81.5 Å². The number of hydrogen-bond donors (Lipinski definition) is 2. The molecule has 2 amide bonds. The maximum Gasteiger partial charge on any atom is 0.436 e. The van der Waals surface area contributed by atoms with Gasteiger partial charge in [0.2, 0.25) is 0 Å². The van der Waals surface area contributed by atoms with Crippen LogP contribution in [0.1, 0.15) is 57.2 Å². The van der Waals surface area contributed by atoms with Gasteiger partial charge in [-0.25, -0.2) is 9.67 Å². The molecule has 0 aliphatic rings. The van der Waals surface area contributed by atoms with E-state index in [1.165, 1.54) is 30.5 Å². The Labute approximate surface area is 230 Å². The molecule has 3 aromatic heterocycles. The second-order valence-corrected chi connectivity index (χ2v) is 9.32. The van der Waals surface area contributed by atoms with E-state index in [1.807, 2.05) is 6.07 Å². The minimum atomic E-state index is -4.68. The largest absolute Gasteiger partial charge is 0.436 e. The number of halogens is 4. The Morgan fingerprint density at radius 2 is 1.93 bits per heavy atom. The SMILES string of the molecule is Cc1cc(C#N)cc(C(=O)NC(C)C)c1NC(=O)c1cc(Cn2ncc(C(F)(F)F)n2)nn1-c1ncccc1Cl. The second kappa shape index (κ2) is 11.1. The molecule has 0 aliphatic heterocycles. The molecule has 1 aromatic carbocycles. The fourth-order valence-electron chi connectivity index (χ4n) is 3.73. The molecule has 0 saturated carbocycles. The van der Waals surface area contributed by atoms with Crippen molar-refractivity contribution in [3.63, 3.8) is 0 Å². The first-order chi connectivity index (χ1) is 18.9. The molecule has 11 nitrogen and oxygen atoms in total. The topological polar surface area (TPSA) is 143 Å². The third-order valence-electron chi connectivity index (χ3n) is 5.43. The number of carbonyl (C=O) groups is 2. The van der Waals surface area contributed by atoms with Gasteiger partial charge in [0, 0.05) is 12.2 Å². The summed E-state index contributed by atoms with van der Waals surface area (Å²) in [7, 11) is 0. The van der Waals surface area contributed by atoms with E-state index < -0.39 is 23.7 Å². The molecular weight excluding hydrogens is 551 g/mol. The van der Waals surface area contributed by atoms with Crippen LogP contribution in [0.2, 0.25) is 5.02 Å². The van der Waals surface area contributed by atoms with Crippen LogP contribution >= 0.6 is 11.6 Å². The van der Waals surface area contributed by atoms with E-state index >= 15 is 0 Å². The summed E-state index contributed by atoms with van der Waals surface area (Å²) in [5.74, 6) is -1.15. The van der Waals surface area contributed by atoms with Crippen LogP contribution in [-0.2, 0) is 12.7 Å². The Morgan fingerprint density at radius 3 is 2.55 bits per heavy atom. The minimum absolute atomic E-state index is 0.0705. The molecule has 0 aliphatic carbocycles. The number of nitrogens with one attached hydrogen (secondary N) is 2. The Balaban J connectivity index is 1.75. The summed E-state index contributed by atoms with van der Waals surface area (Å²) in [6.07, 6.45) is -2.67. The van der Waals surface area contributed by atoms with Crippen LogP contribution in [0.3, 0.4) is 0 Å². The van der Waals surface area contributed by atoms with E-state index in [9.17, 15) is 28.0 Å². The van der Waals surface area contributed by atoms with Crippen LogP contribution in [0.4, 0.5) is 18.9 Å². The van der Waals surface area contributed by atoms with Gasteiger partial charge in [-0.3, -0.25) is 9.59 Å². The Morgan fingerprint density at radius 1 is 1.18 bits per heavy atom. The normalized spacial score (nSPS) is 11.4. The number of carbonyl (C=O) groups excluding carboxylic acids is 2. The smallest absolute Gasteiger partial charge is 0.350 e. The van der Waals surface area contributed by atoms with Crippen molar-refractivity contribution in [1.82, 2.24) is 35.1 Å². The Bertz CT molecular complexity index is 1640. The summed E-state index contributed by atoms with van der Waals surface area (Å²) in [6.45, 7) is 4.86. The molecule has 0 atom stereocenters. The fourth-order valence-corrected chi connectivity index (χ4v) is 3.93. The molecule has 2 N–H and O–H groups in total. The molecule has 0 spiro atoms. The van der Waals surface area contributed by atoms with Crippen molar-refractivity contribution < 1.29 is 22.8 Å². The highest BCUT2D eigenvalue weighted by Crippen LogP contribution is 2.28. The number of nitrogens with zero attached hydrogens (tertiary/aromatic N) is 7. The monoisotopic (exact) mass is 571 g/mol. The lowest BCUT2D eigenvalue weighted by atomic mass is 10.0. The summed E-state index contributed by atoms with van der Waals surface area (Å²) in [5, 5.41) is 26.3. The predicted octanol–water partition coefficient (Wildman–Crippen LogP) is 4.15. The van der Waals surface area contributed by atoms with E-state index in [4.69, 9.17) is 11.6 Å². The van der Waals surface area contributed by atoms with Crippen LogP contribution < -0.4 is 10.6 Å². The molecule has 40 heavy (non-hydrogen) atoms. The van der Waals surface area contributed by atoms with Crippen LogP contribution in [-0.4, -0.2) is 47.6 Å². The number of pyridine rings is 1. The first-order valence-corrected chi connectivity index (χ1v) is 12.1. The maximum absolute atomic E-state index is 13.6. The molecule has 0 bridgehead atoms. The average molecular weight is 572 g/mol. The highest BCUT2D eigenvalue weighted by Gasteiger charge is 2.34. The van der Waals surface area contributed by atoms with Crippen molar-refractivity contribution in [2.24, 2.45) is 0 Å². The van der Waals surface area contributed by atoms with Crippen LogP contribution in [0.25, 0.3) is 5.82 Å². The van der Waals surface area contributed by atoms with Gasteiger partial charge in [-0.2, -0.15) is 33.4 Å². The first-order valence-electron chi connectivity index (χ1n) is 11.7. The molecule has 3 heterocycles. The molecule has 0 radical (unpaired) electrons. The molecule has 4 rings (SSSR count). The van der Waals surface area contributed by atoms with Crippen LogP contribution in [0, 0.1) is 18.3 Å². The number of rotatable bonds is 7. The lowest BCUT2D eigenvalue weighted by Crippen LogP contribution is -2.31. The number of amides is 2. The van der Waals surface area contributed by atoms with E-state index in [1.54, 1.807) is 26.8 Å². The van der Waals surface area contributed by atoms with Crippen molar-refractivity contribution in [1.29, 1.82) is 5.26 Å². The highest BCUT2D eigenvalue weighted by molar-refractivity contribution is 6.32. The van der Waals surface area contributed by atoms with E-state index in [2.05, 4.69) is 30.9 Å². The predicted molar refractivity (Wildman–Crippen MR) is 137 cm³/mol. The standard InChI is InChI=1S/C25H21ClF3N9O2/c1-13(2)33-23(39)17-8-15(10-30)7-14(3)21(17)34-24(40)19-9-16(12-37-32-11-20(36-37)25(27,28)29)35-38(19)22-18(26)5-4-6-31-22/h4-9,11,13H,12H2,1-3H3,(H,33,39)(H,34,40). The summed E-state index contributed by atoms with van der Waals surface area (Å²) >= 11 is 6.30. The first kappa shape index (κ1) is 28.2. The summed E-state index contributed by atoms with van der Waals surface area (Å²) in [5.41, 5.74) is -0.233. The number of hydrogen-bond acceptors (Lipinski definition) is 7. The summed E-state index contributed by atoms with van der Waals surface area (Å²) < 4.78 is 40.0. The quantitative estimate of drug-likeness (QED) is 0.339. The van der Waals surface area contributed by atoms with Gasteiger partial charge in [0.25, 0.3) is 11.8 Å². The number of aromatic nitrogens is 6. The molecule has 0 saturated heterocycles. The van der Waals surface area contributed by atoms with Gasteiger partial charge in [-0.1, -0.05) is 11.6 Å². The number of anilines is 1. The minimum Gasteiger partial charge on any atom is -0.350 e. The number of nitriles is 1. The highest BCUT2D eigenvalue weighted by atomic mass is 35.5. The average Bonchev–Trinajstić information content (AvgIpc) is 3.52. The Hall–Kier alpha value is -4.77. The number of aryl methyl sites for hydroxylation is 1. The van der Waals surface area contributed by atoms with Gasteiger partial charge >= 0.3 is 6.18 Å². The van der Waals surface area contributed by atoms with Crippen molar-refractivity contribution in [2.45, 2.75) is 39.5 Å². The molecule has 206 valence electrons. The van der Waals surface area contributed by atoms with Gasteiger partial charge in [-0.05, 0) is 56.7 Å². The lowest BCUT2D eigenvalue weighted by molar-refractivity contribution is -0.141. The summed E-state index contributed by atoms with van der Waals surface area (Å²) in [6, 6.07) is 9.07. The third-order valence-corrected chi connectivity index (χ3v) is 5.73. The van der Waals surface area contributed by atoms with E-state index in [0.717, 1.165) is 9.48 Å². The third kappa shape index (κ3) is 6.10. The molecule has 0 fully saturated rings.